The van der Waals surface area contributed by atoms with E-state index in [4.69, 9.17) is 4.74 Å². The molecule has 0 radical (unpaired) electrons. The second-order valence-electron chi connectivity index (χ2n) is 3.77. The summed E-state index contributed by atoms with van der Waals surface area (Å²) in [6.07, 6.45) is 5.72. The highest BCUT2D eigenvalue weighted by Gasteiger charge is 2.27. The van der Waals surface area contributed by atoms with Gasteiger partial charge in [-0.3, -0.25) is 4.79 Å². The van der Waals surface area contributed by atoms with Gasteiger partial charge < -0.3 is 4.74 Å². The van der Waals surface area contributed by atoms with Gasteiger partial charge in [0, 0.05) is 6.42 Å². The van der Waals surface area contributed by atoms with Crippen LogP contribution in [0.4, 0.5) is 0 Å². The largest absolute Gasteiger partial charge is 0.465 e. The van der Waals surface area contributed by atoms with Crippen LogP contribution in [0.5, 0.6) is 0 Å². The van der Waals surface area contributed by atoms with Gasteiger partial charge >= 0.3 is 5.97 Å². The van der Waals surface area contributed by atoms with Crippen LogP contribution >= 0.6 is 0 Å². The standard InChI is InChI=1S/C9H14O2/c10-9-5-7-1-3-8(4-2-7)6-11-9/h7-8H,1-6H2. The molecule has 3 rings (SSSR count). The normalized spacial score (nSPS) is 37.6. The topological polar surface area (TPSA) is 26.3 Å². The molecule has 0 aromatic carbocycles. The van der Waals surface area contributed by atoms with Crippen molar-refractivity contribution in [2.45, 2.75) is 32.1 Å². The van der Waals surface area contributed by atoms with Crippen LogP contribution in [0.15, 0.2) is 0 Å². The quantitative estimate of drug-likeness (QED) is 0.497. The van der Waals surface area contributed by atoms with Gasteiger partial charge in [-0.1, -0.05) is 0 Å². The summed E-state index contributed by atoms with van der Waals surface area (Å²) in [6.45, 7) is 0.686. The molecule has 11 heavy (non-hydrogen) atoms. The highest BCUT2D eigenvalue weighted by atomic mass is 16.5. The fraction of sp³-hybridized carbons (Fsp3) is 0.889. The second-order valence-corrected chi connectivity index (χ2v) is 3.77. The van der Waals surface area contributed by atoms with Gasteiger partial charge in [-0.05, 0) is 37.5 Å². The summed E-state index contributed by atoms with van der Waals surface area (Å²) in [5, 5.41) is 0. The molecule has 62 valence electrons. The van der Waals surface area contributed by atoms with Crippen molar-refractivity contribution in [1.82, 2.24) is 0 Å². The Labute approximate surface area is 66.9 Å². The lowest BCUT2D eigenvalue weighted by Gasteiger charge is -2.30. The third-order valence-corrected chi connectivity index (χ3v) is 2.90. The number of hydrogen-bond donors (Lipinski definition) is 0. The van der Waals surface area contributed by atoms with E-state index in [-0.39, 0.29) is 5.97 Å². The molecule has 2 heteroatoms. The first-order valence-corrected chi connectivity index (χ1v) is 4.50. The van der Waals surface area contributed by atoms with Gasteiger partial charge in [0.2, 0.25) is 0 Å². The number of esters is 1. The van der Waals surface area contributed by atoms with Gasteiger partial charge in [-0.15, -0.1) is 0 Å². The van der Waals surface area contributed by atoms with Crippen LogP contribution in [0.1, 0.15) is 32.1 Å². The summed E-state index contributed by atoms with van der Waals surface area (Å²) >= 11 is 0. The van der Waals surface area contributed by atoms with Crippen molar-refractivity contribution < 1.29 is 9.53 Å². The Morgan fingerprint density at radius 1 is 1.09 bits per heavy atom. The summed E-state index contributed by atoms with van der Waals surface area (Å²) in [5.41, 5.74) is 0. The predicted molar refractivity (Wildman–Crippen MR) is 41.0 cm³/mol. The number of fused-ring (bicyclic) bond motifs is 5. The fourth-order valence-electron chi connectivity index (χ4n) is 2.11. The molecule has 1 aliphatic carbocycles. The Hall–Kier alpha value is -0.530. The summed E-state index contributed by atoms with van der Waals surface area (Å²) in [5.74, 6) is 1.34. The van der Waals surface area contributed by atoms with E-state index >= 15 is 0 Å². The maximum absolute atomic E-state index is 11.0. The van der Waals surface area contributed by atoms with Crippen molar-refractivity contribution in [3.8, 4) is 0 Å². The number of carbonyl (C=O) groups excluding carboxylic acids is 1. The van der Waals surface area contributed by atoms with Crippen LogP contribution in [0, 0.1) is 11.8 Å². The maximum atomic E-state index is 11.0. The first-order valence-electron chi connectivity index (χ1n) is 4.50. The maximum Gasteiger partial charge on any atom is 0.306 e. The van der Waals surface area contributed by atoms with Crippen LogP contribution in [0.2, 0.25) is 0 Å². The van der Waals surface area contributed by atoms with Gasteiger partial charge in [0.05, 0.1) is 6.61 Å². The summed E-state index contributed by atoms with van der Waals surface area (Å²) in [4.78, 5) is 11.0. The number of carbonyl (C=O) groups is 1. The molecule has 3 aliphatic rings. The molecule has 0 atom stereocenters. The second kappa shape index (κ2) is 2.84. The lowest BCUT2D eigenvalue weighted by molar-refractivity contribution is -0.149. The first kappa shape index (κ1) is 7.14. The molecule has 2 aliphatic heterocycles. The Kier molecular flexibility index (Phi) is 1.84. The van der Waals surface area contributed by atoms with Crippen LogP contribution < -0.4 is 0 Å². The number of rotatable bonds is 0. The average molecular weight is 154 g/mol. The molecule has 2 bridgehead atoms. The smallest absolute Gasteiger partial charge is 0.306 e. The average Bonchev–Trinajstić information content (AvgIpc) is 1.98. The van der Waals surface area contributed by atoms with Crippen LogP contribution in [0.3, 0.4) is 0 Å². The fourth-order valence-corrected chi connectivity index (χ4v) is 2.11. The van der Waals surface area contributed by atoms with Crippen molar-refractivity contribution in [1.29, 1.82) is 0 Å². The van der Waals surface area contributed by atoms with Crippen molar-refractivity contribution in [2.24, 2.45) is 11.8 Å². The Morgan fingerprint density at radius 3 is 2.45 bits per heavy atom. The van der Waals surface area contributed by atoms with E-state index in [0.29, 0.717) is 24.9 Å². The van der Waals surface area contributed by atoms with E-state index in [9.17, 15) is 4.79 Å². The minimum absolute atomic E-state index is 0.0272. The van der Waals surface area contributed by atoms with E-state index in [1.165, 1.54) is 25.7 Å². The molecule has 2 nitrogen and oxygen atoms in total. The zero-order valence-electron chi connectivity index (χ0n) is 6.71. The van der Waals surface area contributed by atoms with E-state index in [0.717, 1.165) is 0 Å². The molecule has 0 aromatic heterocycles. The van der Waals surface area contributed by atoms with E-state index in [1.807, 2.05) is 0 Å². The summed E-state index contributed by atoms with van der Waals surface area (Å²) in [6, 6.07) is 0. The highest BCUT2D eigenvalue weighted by molar-refractivity contribution is 5.69. The third-order valence-electron chi connectivity index (χ3n) is 2.90. The van der Waals surface area contributed by atoms with Gasteiger partial charge in [-0.25, -0.2) is 0 Å². The Morgan fingerprint density at radius 2 is 1.73 bits per heavy atom. The Bertz CT molecular complexity index is 157. The minimum Gasteiger partial charge on any atom is -0.465 e. The van der Waals surface area contributed by atoms with Gasteiger partial charge in [0.15, 0.2) is 0 Å². The van der Waals surface area contributed by atoms with Crippen molar-refractivity contribution >= 4 is 5.97 Å². The van der Waals surface area contributed by atoms with Crippen molar-refractivity contribution in [2.75, 3.05) is 6.61 Å². The van der Waals surface area contributed by atoms with E-state index < -0.39 is 0 Å². The molecule has 2 heterocycles. The van der Waals surface area contributed by atoms with E-state index in [2.05, 4.69) is 0 Å². The lowest BCUT2D eigenvalue weighted by atomic mass is 9.80. The summed E-state index contributed by atoms with van der Waals surface area (Å²) in [7, 11) is 0. The molecule has 0 unspecified atom stereocenters. The lowest BCUT2D eigenvalue weighted by Crippen LogP contribution is -2.26. The number of ether oxygens (including phenoxy) is 1. The predicted octanol–water partition coefficient (Wildman–Crippen LogP) is 1.74. The van der Waals surface area contributed by atoms with Gasteiger partial charge in [0.1, 0.15) is 0 Å². The van der Waals surface area contributed by atoms with Crippen LogP contribution in [-0.4, -0.2) is 12.6 Å². The third kappa shape index (κ3) is 1.55. The zero-order chi connectivity index (χ0) is 7.68. The molecule has 2 saturated heterocycles. The molecule has 0 N–H and O–H groups in total. The molecule has 3 fully saturated rings. The Balaban J connectivity index is 2.02. The zero-order valence-corrected chi connectivity index (χ0v) is 6.71. The van der Waals surface area contributed by atoms with Gasteiger partial charge in [-0.2, -0.15) is 0 Å². The van der Waals surface area contributed by atoms with Crippen LogP contribution in [0.25, 0.3) is 0 Å². The van der Waals surface area contributed by atoms with Crippen LogP contribution in [-0.2, 0) is 9.53 Å². The van der Waals surface area contributed by atoms with Crippen molar-refractivity contribution in [3.05, 3.63) is 0 Å². The molecule has 0 spiro atoms. The minimum atomic E-state index is 0.0272. The molecular formula is C9H14O2. The molecule has 1 saturated carbocycles. The monoisotopic (exact) mass is 154 g/mol. The van der Waals surface area contributed by atoms with Gasteiger partial charge in [0.25, 0.3) is 0 Å². The first-order chi connectivity index (χ1) is 5.34. The van der Waals surface area contributed by atoms with Crippen molar-refractivity contribution in [3.63, 3.8) is 0 Å². The van der Waals surface area contributed by atoms with E-state index in [1.54, 1.807) is 0 Å². The number of hydrogen-bond acceptors (Lipinski definition) is 2. The highest BCUT2D eigenvalue weighted by Crippen LogP contribution is 2.33. The molecule has 0 amide bonds. The SMILES string of the molecule is O=C1CC2CCC(CC2)CO1. The summed E-state index contributed by atoms with van der Waals surface area (Å²) < 4.78 is 5.08. The molecule has 0 aromatic rings. The molecular weight excluding hydrogens is 140 g/mol.